The number of para-hydroxylation sites is 1. The molecule has 1 aliphatic rings. The Labute approximate surface area is 107 Å². The number of hydrogen-bond acceptors (Lipinski definition) is 2. The van der Waals surface area contributed by atoms with Crippen LogP contribution in [-0.4, -0.2) is 18.4 Å². The van der Waals surface area contributed by atoms with E-state index >= 15 is 0 Å². The van der Waals surface area contributed by atoms with Gasteiger partial charge in [0.15, 0.2) is 0 Å². The highest BCUT2D eigenvalue weighted by molar-refractivity contribution is 6.03. The van der Waals surface area contributed by atoms with Crippen LogP contribution in [0.5, 0.6) is 0 Å². The minimum Gasteiger partial charge on any atom is -0.325 e. The summed E-state index contributed by atoms with van der Waals surface area (Å²) in [5, 5.41) is 2.80. The second kappa shape index (κ2) is 4.80. The Balaban J connectivity index is 2.40. The molecule has 1 aromatic carbocycles. The number of anilines is 2. The lowest BCUT2D eigenvalue weighted by atomic mass is 10.1. The summed E-state index contributed by atoms with van der Waals surface area (Å²) in [5.74, 6) is -0.0554. The molecule has 0 aliphatic carbocycles. The van der Waals surface area contributed by atoms with Crippen LogP contribution in [0.1, 0.15) is 26.3 Å². The van der Waals surface area contributed by atoms with Gasteiger partial charge in [-0.15, -0.1) is 0 Å². The molecule has 0 atom stereocenters. The van der Waals surface area contributed by atoms with Crippen molar-refractivity contribution in [2.45, 2.75) is 27.2 Å². The predicted octanol–water partition coefficient (Wildman–Crippen LogP) is 2.19. The Morgan fingerprint density at radius 2 is 2.06 bits per heavy atom. The van der Waals surface area contributed by atoms with Gasteiger partial charge in [0.2, 0.25) is 11.8 Å². The molecule has 1 heterocycles. The molecule has 0 saturated heterocycles. The van der Waals surface area contributed by atoms with E-state index in [4.69, 9.17) is 0 Å². The Kier molecular flexibility index (Phi) is 3.36. The number of nitrogens with zero attached hydrogens (tertiary/aromatic N) is 1. The van der Waals surface area contributed by atoms with E-state index in [0.29, 0.717) is 6.54 Å². The topological polar surface area (TPSA) is 49.4 Å². The second-order valence-electron chi connectivity index (χ2n) is 4.89. The van der Waals surface area contributed by atoms with Gasteiger partial charge in [0.25, 0.3) is 0 Å². The molecule has 0 unspecified atom stereocenters. The number of fused-ring (bicyclic) bond motifs is 1. The minimum absolute atomic E-state index is 0.0404. The number of carbonyl (C=O) groups excluding carboxylic acids is 2. The summed E-state index contributed by atoms with van der Waals surface area (Å²) in [5.41, 5.74) is 2.72. The van der Waals surface area contributed by atoms with E-state index in [-0.39, 0.29) is 17.7 Å². The van der Waals surface area contributed by atoms with Crippen molar-refractivity contribution in [3.05, 3.63) is 23.8 Å². The summed E-state index contributed by atoms with van der Waals surface area (Å²) in [6.07, 6.45) is 0.848. The van der Waals surface area contributed by atoms with Crippen molar-refractivity contribution in [2.24, 2.45) is 5.92 Å². The highest BCUT2D eigenvalue weighted by Crippen LogP contribution is 2.36. The fourth-order valence-electron chi connectivity index (χ4n) is 2.28. The van der Waals surface area contributed by atoms with Gasteiger partial charge in [0.05, 0.1) is 11.4 Å². The molecule has 0 fully saturated rings. The predicted molar refractivity (Wildman–Crippen MR) is 71.6 cm³/mol. The van der Waals surface area contributed by atoms with E-state index in [1.807, 2.05) is 32.0 Å². The molecule has 2 rings (SSSR count). The summed E-state index contributed by atoms with van der Waals surface area (Å²) in [6.45, 7) is 5.95. The maximum Gasteiger partial charge on any atom is 0.229 e. The van der Waals surface area contributed by atoms with Crippen LogP contribution in [0.4, 0.5) is 11.4 Å². The van der Waals surface area contributed by atoms with Crippen LogP contribution in [0.25, 0.3) is 0 Å². The molecule has 4 nitrogen and oxygen atoms in total. The molecule has 1 aliphatic heterocycles. The number of carbonyl (C=O) groups is 2. The van der Waals surface area contributed by atoms with Crippen molar-refractivity contribution in [2.75, 3.05) is 16.8 Å². The first kappa shape index (κ1) is 12.6. The highest BCUT2D eigenvalue weighted by atomic mass is 16.2. The quantitative estimate of drug-likeness (QED) is 0.869. The zero-order valence-corrected chi connectivity index (χ0v) is 11.0. The number of nitrogens with one attached hydrogen (secondary N) is 1. The largest absolute Gasteiger partial charge is 0.325 e. The Bertz CT molecular complexity index is 495. The van der Waals surface area contributed by atoms with Crippen molar-refractivity contribution in [1.82, 2.24) is 0 Å². The van der Waals surface area contributed by atoms with Crippen molar-refractivity contribution in [1.29, 1.82) is 0 Å². The average Bonchev–Trinajstić information content (AvgIpc) is 2.72. The van der Waals surface area contributed by atoms with Crippen molar-refractivity contribution in [3.63, 3.8) is 0 Å². The maximum absolute atomic E-state index is 12.2. The lowest BCUT2D eigenvalue weighted by molar-refractivity contribution is -0.121. The molecule has 0 saturated carbocycles. The van der Waals surface area contributed by atoms with Gasteiger partial charge in [-0.25, -0.2) is 0 Å². The van der Waals surface area contributed by atoms with Gasteiger partial charge in [-0.1, -0.05) is 26.0 Å². The second-order valence-corrected chi connectivity index (χ2v) is 4.89. The van der Waals surface area contributed by atoms with Crippen LogP contribution in [0.2, 0.25) is 0 Å². The SMILES string of the molecule is CC(=O)Nc1cccc2c1N(C(=O)C(C)C)CC2. The van der Waals surface area contributed by atoms with Crippen LogP contribution in [0.15, 0.2) is 18.2 Å². The van der Waals surface area contributed by atoms with E-state index in [1.165, 1.54) is 6.92 Å². The third kappa shape index (κ3) is 2.23. The van der Waals surface area contributed by atoms with Gasteiger partial charge < -0.3 is 10.2 Å². The van der Waals surface area contributed by atoms with Crippen LogP contribution in [0, 0.1) is 5.92 Å². The fourth-order valence-corrected chi connectivity index (χ4v) is 2.28. The zero-order valence-electron chi connectivity index (χ0n) is 11.0. The molecule has 1 N–H and O–H groups in total. The molecule has 0 aromatic heterocycles. The van der Waals surface area contributed by atoms with Crippen molar-refractivity contribution < 1.29 is 9.59 Å². The Morgan fingerprint density at radius 3 is 2.67 bits per heavy atom. The molecule has 4 heteroatoms. The van der Waals surface area contributed by atoms with Crippen molar-refractivity contribution >= 4 is 23.2 Å². The van der Waals surface area contributed by atoms with Crippen LogP contribution >= 0.6 is 0 Å². The van der Waals surface area contributed by atoms with Gasteiger partial charge in [-0.3, -0.25) is 9.59 Å². The molecule has 96 valence electrons. The van der Waals surface area contributed by atoms with E-state index in [0.717, 1.165) is 23.4 Å². The normalized spacial score (nSPS) is 13.7. The molecule has 2 amide bonds. The van der Waals surface area contributed by atoms with Crippen LogP contribution < -0.4 is 10.2 Å². The van der Waals surface area contributed by atoms with Gasteiger partial charge >= 0.3 is 0 Å². The lowest BCUT2D eigenvalue weighted by Crippen LogP contribution is -2.33. The Morgan fingerprint density at radius 1 is 1.33 bits per heavy atom. The lowest BCUT2D eigenvalue weighted by Gasteiger charge is -2.22. The monoisotopic (exact) mass is 246 g/mol. The zero-order chi connectivity index (χ0) is 13.3. The fraction of sp³-hybridized carbons (Fsp3) is 0.429. The van der Waals surface area contributed by atoms with E-state index in [2.05, 4.69) is 5.32 Å². The van der Waals surface area contributed by atoms with Crippen molar-refractivity contribution in [3.8, 4) is 0 Å². The average molecular weight is 246 g/mol. The summed E-state index contributed by atoms with van der Waals surface area (Å²) in [6, 6.07) is 5.76. The third-order valence-corrected chi connectivity index (χ3v) is 3.06. The number of rotatable bonds is 2. The van der Waals surface area contributed by atoms with E-state index < -0.39 is 0 Å². The maximum atomic E-state index is 12.2. The van der Waals surface area contributed by atoms with Crippen LogP contribution in [0.3, 0.4) is 0 Å². The summed E-state index contributed by atoms with van der Waals surface area (Å²) < 4.78 is 0. The van der Waals surface area contributed by atoms with Crippen LogP contribution in [-0.2, 0) is 16.0 Å². The highest BCUT2D eigenvalue weighted by Gasteiger charge is 2.28. The molecular weight excluding hydrogens is 228 g/mol. The molecule has 0 radical (unpaired) electrons. The minimum atomic E-state index is -0.118. The molecule has 0 bridgehead atoms. The molecule has 1 aromatic rings. The summed E-state index contributed by atoms with van der Waals surface area (Å²) in [7, 11) is 0. The van der Waals surface area contributed by atoms with Gasteiger partial charge in [-0.05, 0) is 18.1 Å². The third-order valence-electron chi connectivity index (χ3n) is 3.06. The molecule has 0 spiro atoms. The van der Waals surface area contributed by atoms with Gasteiger partial charge in [0, 0.05) is 19.4 Å². The van der Waals surface area contributed by atoms with E-state index in [9.17, 15) is 9.59 Å². The number of hydrogen-bond donors (Lipinski definition) is 1. The first-order valence-corrected chi connectivity index (χ1v) is 6.21. The smallest absolute Gasteiger partial charge is 0.229 e. The summed E-state index contributed by atoms with van der Waals surface area (Å²) in [4.78, 5) is 25.2. The summed E-state index contributed by atoms with van der Waals surface area (Å²) >= 11 is 0. The van der Waals surface area contributed by atoms with E-state index in [1.54, 1.807) is 4.90 Å². The van der Waals surface area contributed by atoms with Gasteiger partial charge in [-0.2, -0.15) is 0 Å². The molecule has 18 heavy (non-hydrogen) atoms. The van der Waals surface area contributed by atoms with Gasteiger partial charge in [0.1, 0.15) is 0 Å². The molecular formula is C14H18N2O2. The first-order chi connectivity index (χ1) is 8.50. The standard InChI is InChI=1S/C14H18N2O2/c1-9(2)14(18)16-8-7-11-5-4-6-12(13(11)16)15-10(3)17/h4-6,9H,7-8H2,1-3H3,(H,15,17). The Hall–Kier alpha value is -1.84. The number of benzene rings is 1. The number of amides is 2. The first-order valence-electron chi connectivity index (χ1n) is 6.21.